The molecule has 2 aromatic carbocycles. The van der Waals surface area contributed by atoms with Crippen LogP contribution in [0.15, 0.2) is 46.0 Å². The Morgan fingerprint density at radius 2 is 1.81 bits per heavy atom. The van der Waals surface area contributed by atoms with Gasteiger partial charge >= 0.3 is 5.69 Å². The van der Waals surface area contributed by atoms with Crippen LogP contribution in [0.4, 0.5) is 5.69 Å². The maximum atomic E-state index is 12.7. The molecule has 0 spiro atoms. The van der Waals surface area contributed by atoms with Crippen LogP contribution in [-0.4, -0.2) is 46.5 Å². The SMILES string of the molecule is Cc1cccc(N2CCN(C(=O)CCCn3c(=O)[nH]c4cc(Cl)ccc4c3=O)CC2)c1C. The van der Waals surface area contributed by atoms with E-state index in [2.05, 4.69) is 41.9 Å². The van der Waals surface area contributed by atoms with Crippen LogP contribution in [-0.2, 0) is 11.3 Å². The van der Waals surface area contributed by atoms with Gasteiger partial charge in [0.1, 0.15) is 0 Å². The number of aryl methyl sites for hydroxylation is 1. The maximum Gasteiger partial charge on any atom is 0.328 e. The molecule has 1 saturated heterocycles. The normalized spacial score (nSPS) is 14.2. The van der Waals surface area contributed by atoms with Gasteiger partial charge in [0.05, 0.1) is 10.9 Å². The van der Waals surface area contributed by atoms with Gasteiger partial charge in [-0.3, -0.25) is 14.2 Å². The number of aromatic amines is 1. The molecule has 1 aliphatic heterocycles. The molecular formula is C24H27ClN4O3. The van der Waals surface area contributed by atoms with Gasteiger partial charge in [0.15, 0.2) is 0 Å². The van der Waals surface area contributed by atoms with E-state index in [1.165, 1.54) is 16.8 Å². The van der Waals surface area contributed by atoms with Crippen molar-refractivity contribution in [3.8, 4) is 0 Å². The number of nitrogens with zero attached hydrogens (tertiary/aromatic N) is 3. The molecule has 4 rings (SSSR count). The van der Waals surface area contributed by atoms with Crippen LogP contribution in [0.3, 0.4) is 0 Å². The molecule has 0 atom stereocenters. The van der Waals surface area contributed by atoms with E-state index in [4.69, 9.17) is 11.6 Å². The summed E-state index contributed by atoms with van der Waals surface area (Å²) in [6.45, 7) is 7.37. The lowest BCUT2D eigenvalue weighted by Gasteiger charge is -2.37. The summed E-state index contributed by atoms with van der Waals surface area (Å²) in [5.74, 6) is 0.0580. The van der Waals surface area contributed by atoms with Crippen molar-refractivity contribution in [2.75, 3.05) is 31.1 Å². The first kappa shape index (κ1) is 22.1. The highest BCUT2D eigenvalue weighted by atomic mass is 35.5. The van der Waals surface area contributed by atoms with E-state index >= 15 is 0 Å². The maximum absolute atomic E-state index is 12.7. The van der Waals surface area contributed by atoms with Crippen LogP contribution in [0.25, 0.3) is 10.9 Å². The molecule has 0 aliphatic carbocycles. The average Bonchev–Trinajstić information content (AvgIpc) is 2.77. The van der Waals surface area contributed by atoms with Gasteiger partial charge in [-0.1, -0.05) is 23.7 Å². The van der Waals surface area contributed by atoms with Crippen molar-refractivity contribution in [3.05, 3.63) is 73.4 Å². The van der Waals surface area contributed by atoms with E-state index < -0.39 is 5.69 Å². The summed E-state index contributed by atoms with van der Waals surface area (Å²) in [7, 11) is 0. The summed E-state index contributed by atoms with van der Waals surface area (Å²) >= 11 is 5.94. The summed E-state index contributed by atoms with van der Waals surface area (Å²) in [5.41, 5.74) is 3.34. The van der Waals surface area contributed by atoms with Crippen molar-refractivity contribution in [2.24, 2.45) is 0 Å². The zero-order valence-corrected chi connectivity index (χ0v) is 19.1. The van der Waals surface area contributed by atoms with Gasteiger partial charge in [-0.25, -0.2) is 4.79 Å². The highest BCUT2D eigenvalue weighted by Gasteiger charge is 2.22. The van der Waals surface area contributed by atoms with Crippen molar-refractivity contribution >= 4 is 34.1 Å². The number of halogens is 1. The molecule has 168 valence electrons. The molecule has 0 unspecified atom stereocenters. The quantitative estimate of drug-likeness (QED) is 0.642. The number of piperazine rings is 1. The van der Waals surface area contributed by atoms with Crippen molar-refractivity contribution in [1.29, 1.82) is 0 Å². The minimum Gasteiger partial charge on any atom is -0.368 e. The third kappa shape index (κ3) is 4.43. The summed E-state index contributed by atoms with van der Waals surface area (Å²) in [6, 6.07) is 11.1. The fraction of sp³-hybridized carbons (Fsp3) is 0.375. The second-order valence-corrected chi connectivity index (χ2v) is 8.70. The topological polar surface area (TPSA) is 78.4 Å². The number of nitrogens with one attached hydrogen (secondary N) is 1. The van der Waals surface area contributed by atoms with E-state index in [0.717, 1.165) is 17.7 Å². The Bertz CT molecular complexity index is 1270. The third-order valence-electron chi connectivity index (χ3n) is 6.27. The van der Waals surface area contributed by atoms with E-state index in [9.17, 15) is 14.4 Å². The van der Waals surface area contributed by atoms with Crippen LogP contribution < -0.4 is 16.1 Å². The number of fused-ring (bicyclic) bond motifs is 1. The Morgan fingerprint density at radius 1 is 1.06 bits per heavy atom. The number of H-pyrrole nitrogens is 1. The van der Waals surface area contributed by atoms with Crippen LogP contribution in [0, 0.1) is 13.8 Å². The average molecular weight is 455 g/mol. The molecule has 8 heteroatoms. The van der Waals surface area contributed by atoms with E-state index in [1.54, 1.807) is 18.2 Å². The molecule has 1 N–H and O–H groups in total. The molecule has 0 saturated carbocycles. The third-order valence-corrected chi connectivity index (χ3v) is 6.50. The number of benzene rings is 2. The first-order valence-electron chi connectivity index (χ1n) is 10.9. The largest absolute Gasteiger partial charge is 0.368 e. The lowest BCUT2D eigenvalue weighted by molar-refractivity contribution is -0.131. The molecule has 2 heterocycles. The fourth-order valence-electron chi connectivity index (χ4n) is 4.25. The Labute approximate surface area is 191 Å². The van der Waals surface area contributed by atoms with Crippen LogP contribution >= 0.6 is 11.6 Å². The molecule has 7 nitrogen and oxygen atoms in total. The molecule has 3 aromatic rings. The first-order chi connectivity index (χ1) is 15.3. The predicted molar refractivity (Wildman–Crippen MR) is 128 cm³/mol. The summed E-state index contributed by atoms with van der Waals surface area (Å²) < 4.78 is 1.15. The molecule has 32 heavy (non-hydrogen) atoms. The Balaban J connectivity index is 1.34. The van der Waals surface area contributed by atoms with Gasteiger partial charge < -0.3 is 14.8 Å². The number of carbonyl (C=O) groups excluding carboxylic acids is 1. The first-order valence-corrected chi connectivity index (χ1v) is 11.2. The number of amides is 1. The second-order valence-electron chi connectivity index (χ2n) is 8.27. The van der Waals surface area contributed by atoms with Gasteiger partial charge in [0, 0.05) is 49.9 Å². The van der Waals surface area contributed by atoms with E-state index in [1.807, 2.05) is 4.90 Å². The highest BCUT2D eigenvalue weighted by Crippen LogP contribution is 2.24. The molecule has 1 amide bonds. The summed E-state index contributed by atoms with van der Waals surface area (Å²) in [4.78, 5) is 44.6. The zero-order valence-electron chi connectivity index (χ0n) is 18.4. The number of hydrogen-bond acceptors (Lipinski definition) is 4. The van der Waals surface area contributed by atoms with E-state index in [0.29, 0.717) is 41.9 Å². The van der Waals surface area contributed by atoms with Gasteiger partial charge in [0.25, 0.3) is 5.56 Å². The molecule has 0 bridgehead atoms. The smallest absolute Gasteiger partial charge is 0.328 e. The fourth-order valence-corrected chi connectivity index (χ4v) is 4.42. The molecule has 1 aliphatic rings. The molecule has 1 fully saturated rings. The molecule has 1 aromatic heterocycles. The minimum absolute atomic E-state index is 0.0580. The van der Waals surface area contributed by atoms with Crippen LogP contribution in [0.2, 0.25) is 5.02 Å². The lowest BCUT2D eigenvalue weighted by Crippen LogP contribution is -2.49. The van der Waals surface area contributed by atoms with Gasteiger partial charge in [-0.2, -0.15) is 0 Å². The van der Waals surface area contributed by atoms with Crippen molar-refractivity contribution in [3.63, 3.8) is 0 Å². The van der Waals surface area contributed by atoms with Crippen LogP contribution in [0.1, 0.15) is 24.0 Å². The van der Waals surface area contributed by atoms with Crippen LogP contribution in [0.5, 0.6) is 0 Å². The lowest BCUT2D eigenvalue weighted by atomic mass is 10.1. The van der Waals surface area contributed by atoms with Crippen molar-refractivity contribution < 1.29 is 4.79 Å². The second kappa shape index (κ2) is 9.20. The Hall–Kier alpha value is -3.06. The van der Waals surface area contributed by atoms with Gasteiger partial charge in [-0.15, -0.1) is 0 Å². The number of carbonyl (C=O) groups is 1. The van der Waals surface area contributed by atoms with Gasteiger partial charge in [0.2, 0.25) is 5.91 Å². The van der Waals surface area contributed by atoms with Crippen molar-refractivity contribution in [1.82, 2.24) is 14.5 Å². The number of anilines is 1. The molecular weight excluding hydrogens is 428 g/mol. The minimum atomic E-state index is -0.487. The Kier molecular flexibility index (Phi) is 6.37. The van der Waals surface area contributed by atoms with E-state index in [-0.39, 0.29) is 18.0 Å². The summed E-state index contributed by atoms with van der Waals surface area (Å²) in [5, 5.41) is 0.858. The van der Waals surface area contributed by atoms with Crippen molar-refractivity contribution in [2.45, 2.75) is 33.2 Å². The number of hydrogen-bond donors (Lipinski definition) is 1. The predicted octanol–water partition coefficient (Wildman–Crippen LogP) is 3.09. The Morgan fingerprint density at radius 3 is 2.56 bits per heavy atom. The number of rotatable bonds is 5. The highest BCUT2D eigenvalue weighted by molar-refractivity contribution is 6.31. The molecule has 0 radical (unpaired) electrons. The monoisotopic (exact) mass is 454 g/mol. The standard InChI is InChI=1S/C24H27ClN4O3/c1-16-5-3-6-21(17(16)2)27-11-13-28(14-12-27)22(30)7-4-10-29-23(31)19-9-8-18(25)15-20(19)26-24(29)32/h3,5-6,8-9,15H,4,7,10-14H2,1-2H3,(H,26,32). The van der Waals surface area contributed by atoms with Gasteiger partial charge in [-0.05, 0) is 55.7 Å². The number of aromatic nitrogens is 2. The zero-order chi connectivity index (χ0) is 22.8. The summed E-state index contributed by atoms with van der Waals surface area (Å²) in [6.07, 6.45) is 0.728.